The van der Waals surface area contributed by atoms with Gasteiger partial charge >= 0.3 is 0 Å². The van der Waals surface area contributed by atoms with E-state index in [9.17, 15) is 23.3 Å². The number of nitrogens with zero attached hydrogens (tertiary/aromatic N) is 2. The van der Waals surface area contributed by atoms with Crippen molar-refractivity contribution in [1.82, 2.24) is 0 Å². The normalized spacial score (nSPS) is 10.8. The average Bonchev–Trinajstić information content (AvgIpc) is 2.82. The van der Waals surface area contributed by atoms with E-state index < -0.39 is 27.4 Å². The van der Waals surface area contributed by atoms with Crippen molar-refractivity contribution in [2.75, 3.05) is 30.4 Å². The number of hydrogen-bond donors (Lipinski definition) is 1. The molecule has 0 bridgehead atoms. The number of benzene rings is 3. The van der Waals surface area contributed by atoms with Crippen LogP contribution in [-0.2, 0) is 14.8 Å². The van der Waals surface area contributed by atoms with Gasteiger partial charge < -0.3 is 14.8 Å². The summed E-state index contributed by atoms with van der Waals surface area (Å²) in [5, 5.41) is 13.5. The quantitative estimate of drug-likeness (QED) is 0.374. The van der Waals surface area contributed by atoms with Gasteiger partial charge in [-0.15, -0.1) is 0 Å². The summed E-state index contributed by atoms with van der Waals surface area (Å²) in [5.74, 6) is -0.109. The van der Waals surface area contributed by atoms with Crippen LogP contribution in [-0.4, -0.2) is 40.0 Å². The number of anilines is 2. The predicted molar refractivity (Wildman–Crippen MR) is 122 cm³/mol. The van der Waals surface area contributed by atoms with Crippen molar-refractivity contribution in [3.63, 3.8) is 0 Å². The van der Waals surface area contributed by atoms with Crippen LogP contribution in [0.1, 0.15) is 0 Å². The van der Waals surface area contributed by atoms with Crippen LogP contribution in [0.3, 0.4) is 0 Å². The summed E-state index contributed by atoms with van der Waals surface area (Å²) in [6.07, 6.45) is 0. The summed E-state index contributed by atoms with van der Waals surface area (Å²) in [7, 11) is -1.38. The van der Waals surface area contributed by atoms with E-state index in [2.05, 4.69) is 5.32 Å². The van der Waals surface area contributed by atoms with Crippen LogP contribution in [0.15, 0.2) is 77.7 Å². The maximum atomic E-state index is 13.5. The summed E-state index contributed by atoms with van der Waals surface area (Å²) in [4.78, 5) is 23.0. The smallest absolute Gasteiger partial charge is 0.271 e. The zero-order valence-electron chi connectivity index (χ0n) is 17.8. The Balaban J connectivity index is 1.95. The molecule has 0 saturated carbocycles. The molecule has 3 aromatic carbocycles. The molecule has 11 heteroatoms. The lowest BCUT2D eigenvalue weighted by atomic mass is 10.3. The molecule has 1 N–H and O–H groups in total. The largest absolute Gasteiger partial charge is 0.493 e. The standard InChI is InChI=1S/C22H21N3O7S/c1-31-20-12-11-19(14-21(20)32-2)33(29,30)24(17-8-4-3-5-9-17)15-22(26)23-16-7-6-10-18(13-16)25(27)28/h3-14H,15H2,1-2H3,(H,23,26). The van der Waals surface area contributed by atoms with E-state index in [0.29, 0.717) is 5.75 Å². The maximum absolute atomic E-state index is 13.5. The first-order valence-corrected chi connectivity index (χ1v) is 11.0. The molecule has 3 aromatic rings. The molecule has 0 heterocycles. The summed E-state index contributed by atoms with van der Waals surface area (Å²) >= 11 is 0. The number of methoxy groups -OCH3 is 2. The Morgan fingerprint density at radius 2 is 1.67 bits per heavy atom. The molecule has 1 amide bonds. The summed E-state index contributed by atoms with van der Waals surface area (Å²) < 4.78 is 38.3. The van der Waals surface area contributed by atoms with Crippen molar-refractivity contribution in [3.05, 3.63) is 82.9 Å². The third-order valence-corrected chi connectivity index (χ3v) is 6.38. The van der Waals surface area contributed by atoms with Gasteiger partial charge in [0, 0.05) is 23.9 Å². The van der Waals surface area contributed by atoms with E-state index in [1.165, 1.54) is 56.7 Å². The minimum Gasteiger partial charge on any atom is -0.493 e. The zero-order chi connectivity index (χ0) is 24.0. The van der Waals surface area contributed by atoms with Crippen molar-refractivity contribution in [2.24, 2.45) is 0 Å². The van der Waals surface area contributed by atoms with Crippen LogP contribution in [0.2, 0.25) is 0 Å². The fraction of sp³-hybridized carbons (Fsp3) is 0.136. The molecule has 0 fully saturated rings. The van der Waals surface area contributed by atoms with Gasteiger partial charge in [-0.25, -0.2) is 8.42 Å². The van der Waals surface area contributed by atoms with Gasteiger partial charge in [0.25, 0.3) is 15.7 Å². The lowest BCUT2D eigenvalue weighted by Crippen LogP contribution is -2.38. The first-order valence-electron chi connectivity index (χ1n) is 9.60. The number of amides is 1. The molecule has 172 valence electrons. The first kappa shape index (κ1) is 23.5. The highest BCUT2D eigenvalue weighted by Crippen LogP contribution is 2.32. The average molecular weight is 471 g/mol. The van der Waals surface area contributed by atoms with Gasteiger partial charge in [0.2, 0.25) is 5.91 Å². The SMILES string of the molecule is COc1ccc(S(=O)(=O)N(CC(=O)Nc2cccc([N+](=O)[O-])c2)c2ccccc2)cc1OC. The molecule has 3 rings (SSSR count). The highest BCUT2D eigenvalue weighted by Gasteiger charge is 2.28. The Bertz CT molecular complexity index is 1260. The molecule has 10 nitrogen and oxygen atoms in total. The fourth-order valence-corrected chi connectivity index (χ4v) is 4.48. The number of nitrogens with one attached hydrogen (secondary N) is 1. The minimum absolute atomic E-state index is 0.104. The topological polar surface area (TPSA) is 128 Å². The molecule has 0 aliphatic rings. The highest BCUT2D eigenvalue weighted by molar-refractivity contribution is 7.92. The lowest BCUT2D eigenvalue weighted by molar-refractivity contribution is -0.384. The molecule has 33 heavy (non-hydrogen) atoms. The Morgan fingerprint density at radius 3 is 2.30 bits per heavy atom. The summed E-state index contributed by atoms with van der Waals surface area (Å²) in [6.45, 7) is -0.566. The molecular weight excluding hydrogens is 450 g/mol. The number of ether oxygens (including phenoxy) is 2. The van der Waals surface area contributed by atoms with Gasteiger partial charge in [-0.05, 0) is 30.3 Å². The van der Waals surface area contributed by atoms with Crippen LogP contribution in [0.4, 0.5) is 17.1 Å². The van der Waals surface area contributed by atoms with E-state index >= 15 is 0 Å². The maximum Gasteiger partial charge on any atom is 0.271 e. The Hall–Kier alpha value is -4.12. The van der Waals surface area contributed by atoms with E-state index in [1.54, 1.807) is 30.3 Å². The first-order chi connectivity index (χ1) is 15.8. The third kappa shape index (κ3) is 5.39. The molecule has 0 spiro atoms. The summed E-state index contributed by atoms with van der Waals surface area (Å²) in [6, 6.07) is 17.6. The van der Waals surface area contributed by atoms with Crippen LogP contribution >= 0.6 is 0 Å². The molecule has 0 aliphatic heterocycles. The van der Waals surface area contributed by atoms with Gasteiger partial charge in [0.1, 0.15) is 6.54 Å². The van der Waals surface area contributed by atoms with Gasteiger partial charge in [0.15, 0.2) is 11.5 Å². The molecule has 0 saturated heterocycles. The molecule has 0 radical (unpaired) electrons. The van der Waals surface area contributed by atoms with Gasteiger partial charge in [-0.3, -0.25) is 19.2 Å². The number of para-hydroxylation sites is 1. The molecule has 0 unspecified atom stereocenters. The van der Waals surface area contributed by atoms with Gasteiger partial charge in [-0.2, -0.15) is 0 Å². The number of carbonyl (C=O) groups is 1. The van der Waals surface area contributed by atoms with Gasteiger partial charge in [0.05, 0.1) is 29.7 Å². The fourth-order valence-electron chi connectivity index (χ4n) is 3.04. The van der Waals surface area contributed by atoms with E-state index in [0.717, 1.165) is 4.31 Å². The Kier molecular flexibility index (Phi) is 7.13. The molecular formula is C22H21N3O7S. The number of nitro benzene ring substituents is 1. The van der Waals surface area contributed by atoms with E-state index in [4.69, 9.17) is 9.47 Å². The molecule has 0 aromatic heterocycles. The molecule has 0 atom stereocenters. The molecule has 0 aliphatic carbocycles. The van der Waals surface area contributed by atoms with Crippen molar-refractivity contribution < 1.29 is 27.6 Å². The van der Waals surface area contributed by atoms with Crippen LogP contribution in [0.25, 0.3) is 0 Å². The van der Waals surface area contributed by atoms with Crippen molar-refractivity contribution in [3.8, 4) is 11.5 Å². The second-order valence-electron chi connectivity index (χ2n) is 6.72. The second kappa shape index (κ2) is 10.0. The Labute approximate surface area is 190 Å². The van der Waals surface area contributed by atoms with E-state index in [-0.39, 0.29) is 27.7 Å². The van der Waals surface area contributed by atoms with E-state index in [1.807, 2.05) is 0 Å². The highest BCUT2D eigenvalue weighted by atomic mass is 32.2. The monoisotopic (exact) mass is 471 g/mol. The number of sulfonamides is 1. The number of non-ortho nitro benzene ring substituents is 1. The van der Waals surface area contributed by atoms with Crippen LogP contribution in [0, 0.1) is 10.1 Å². The number of carbonyl (C=O) groups excluding carboxylic acids is 1. The number of rotatable bonds is 9. The lowest BCUT2D eigenvalue weighted by Gasteiger charge is -2.24. The minimum atomic E-state index is -4.19. The van der Waals surface area contributed by atoms with Gasteiger partial charge in [-0.1, -0.05) is 24.3 Å². The van der Waals surface area contributed by atoms with Crippen LogP contribution in [0.5, 0.6) is 11.5 Å². The van der Waals surface area contributed by atoms with Crippen molar-refractivity contribution in [2.45, 2.75) is 4.90 Å². The zero-order valence-corrected chi connectivity index (χ0v) is 18.6. The third-order valence-electron chi connectivity index (χ3n) is 4.62. The Morgan fingerprint density at radius 1 is 0.970 bits per heavy atom. The number of nitro groups is 1. The number of hydrogen-bond acceptors (Lipinski definition) is 7. The predicted octanol–water partition coefficient (Wildman–Crippen LogP) is 3.45. The summed E-state index contributed by atoms with van der Waals surface area (Å²) in [5.41, 5.74) is 0.234. The van der Waals surface area contributed by atoms with Crippen molar-refractivity contribution >= 4 is 33.0 Å². The van der Waals surface area contributed by atoms with Crippen molar-refractivity contribution in [1.29, 1.82) is 0 Å². The van der Waals surface area contributed by atoms with Crippen LogP contribution < -0.4 is 19.1 Å². The second-order valence-corrected chi connectivity index (χ2v) is 8.58.